The number of ether oxygens (including phenoxy) is 1. The quantitative estimate of drug-likeness (QED) is 0.0784. The molecule has 0 radical (unpaired) electrons. The number of anilines is 2. The lowest BCUT2D eigenvalue weighted by Gasteiger charge is -2.19. The van der Waals surface area contributed by atoms with Crippen molar-refractivity contribution in [2.75, 3.05) is 17.7 Å². The number of fused-ring (bicyclic) bond motifs is 3. The van der Waals surface area contributed by atoms with Crippen LogP contribution in [0.2, 0.25) is 0 Å². The lowest BCUT2D eigenvalue weighted by Crippen LogP contribution is -2.30. The zero-order chi connectivity index (χ0) is 35.8. The Morgan fingerprint density at radius 2 is 1.40 bits per heavy atom. The number of phenols is 1. The zero-order valence-electron chi connectivity index (χ0n) is 27.5. The molecule has 52 heavy (non-hydrogen) atoms. The molecule has 252 valence electrons. The predicted molar refractivity (Wildman–Crippen MR) is 199 cm³/mol. The molecular weight excluding hydrogens is 656 g/mol. The summed E-state index contributed by atoms with van der Waals surface area (Å²) in [6.07, 6.45) is 0. The first kappa shape index (κ1) is 31.8. The van der Waals surface area contributed by atoms with Gasteiger partial charge in [0.05, 0.1) is 35.4 Å². The van der Waals surface area contributed by atoms with Crippen molar-refractivity contribution in [1.29, 1.82) is 0 Å². The molecular formula is C41H28N6O5. The minimum atomic E-state index is -0.507. The van der Waals surface area contributed by atoms with Crippen LogP contribution in [0.15, 0.2) is 148 Å². The third kappa shape index (κ3) is 5.81. The van der Waals surface area contributed by atoms with Crippen molar-refractivity contribution in [2.45, 2.75) is 0 Å². The van der Waals surface area contributed by atoms with Crippen LogP contribution < -0.4 is 20.7 Å². The van der Waals surface area contributed by atoms with Gasteiger partial charge in [0.15, 0.2) is 5.75 Å². The number of para-hydroxylation sites is 1. The van der Waals surface area contributed by atoms with Gasteiger partial charge >= 0.3 is 0 Å². The van der Waals surface area contributed by atoms with Crippen LogP contribution in [0.4, 0.5) is 28.4 Å². The second kappa shape index (κ2) is 13.1. The standard InChI is InChI=1S/C41H28N6O5/c1-52-27-20-18-25(19-21-27)43-40(50)32-22-23-8-2-3-9-28(23)36(38(32)49)47-46-26-16-14-24(15-17-26)42-39-30-11-5-4-10-29(30)35(45-39)34-37(48)31-12-6-7-13-33(31)44-41(34)51/h2-22,49H,1H3,(H,42,45)(H,43,50)(H,44,51)/b35-34+,47-46?. The molecule has 0 saturated carbocycles. The fourth-order valence-corrected chi connectivity index (χ4v) is 6.18. The van der Waals surface area contributed by atoms with Gasteiger partial charge in [-0.05, 0) is 72.1 Å². The van der Waals surface area contributed by atoms with Gasteiger partial charge in [0.2, 0.25) is 5.78 Å². The first-order chi connectivity index (χ1) is 25.4. The summed E-state index contributed by atoms with van der Waals surface area (Å²) in [7, 11) is 1.56. The number of benzene rings is 6. The Morgan fingerprint density at radius 1 is 0.731 bits per heavy atom. The van der Waals surface area contributed by atoms with Crippen LogP contribution in [0.25, 0.3) is 16.5 Å². The lowest BCUT2D eigenvalue weighted by atomic mass is 9.93. The lowest BCUT2D eigenvalue weighted by molar-refractivity contribution is -0.112. The third-order valence-electron chi connectivity index (χ3n) is 8.76. The number of hydrogen-bond donors (Lipinski definition) is 4. The number of rotatable bonds is 6. The second-order valence-corrected chi connectivity index (χ2v) is 12.0. The van der Waals surface area contributed by atoms with Gasteiger partial charge in [-0.2, -0.15) is 5.11 Å². The van der Waals surface area contributed by atoms with Crippen LogP contribution >= 0.6 is 0 Å². The molecule has 0 aliphatic carbocycles. The molecule has 8 rings (SSSR count). The Labute approximate surface area is 297 Å². The van der Waals surface area contributed by atoms with Crippen molar-refractivity contribution in [2.24, 2.45) is 15.2 Å². The van der Waals surface area contributed by atoms with Crippen molar-refractivity contribution in [3.8, 4) is 11.5 Å². The van der Waals surface area contributed by atoms with Gasteiger partial charge in [-0.1, -0.05) is 60.7 Å². The summed E-state index contributed by atoms with van der Waals surface area (Å²) in [5.74, 6) is -0.535. The van der Waals surface area contributed by atoms with E-state index in [4.69, 9.17) is 9.73 Å². The second-order valence-electron chi connectivity index (χ2n) is 12.0. The Morgan fingerprint density at radius 3 is 2.17 bits per heavy atom. The largest absolute Gasteiger partial charge is 0.505 e. The van der Waals surface area contributed by atoms with E-state index in [1.807, 2.05) is 42.5 Å². The number of amides is 2. The summed E-state index contributed by atoms with van der Waals surface area (Å²) in [5.41, 5.74) is 4.53. The highest BCUT2D eigenvalue weighted by Crippen LogP contribution is 2.40. The summed E-state index contributed by atoms with van der Waals surface area (Å²) >= 11 is 0. The van der Waals surface area contributed by atoms with E-state index in [9.17, 15) is 19.5 Å². The topological polar surface area (TPSA) is 154 Å². The number of nitrogens with one attached hydrogen (secondary N) is 3. The molecule has 0 spiro atoms. The maximum absolute atomic E-state index is 13.5. The van der Waals surface area contributed by atoms with Gasteiger partial charge in [-0.3, -0.25) is 14.4 Å². The van der Waals surface area contributed by atoms with E-state index in [1.165, 1.54) is 0 Å². The highest BCUT2D eigenvalue weighted by atomic mass is 16.5. The molecule has 2 heterocycles. The number of aromatic hydroxyl groups is 1. The van der Waals surface area contributed by atoms with Gasteiger partial charge in [0, 0.05) is 27.8 Å². The molecule has 6 aromatic carbocycles. The first-order valence-corrected chi connectivity index (χ1v) is 16.2. The van der Waals surface area contributed by atoms with Gasteiger partial charge in [0.1, 0.15) is 22.8 Å². The fourth-order valence-electron chi connectivity index (χ4n) is 6.18. The highest BCUT2D eigenvalue weighted by Gasteiger charge is 2.35. The minimum absolute atomic E-state index is 0.0187. The van der Waals surface area contributed by atoms with Crippen molar-refractivity contribution >= 4 is 68.3 Å². The fraction of sp³-hybridized carbons (Fsp3) is 0.0244. The van der Waals surface area contributed by atoms with Crippen molar-refractivity contribution < 1.29 is 24.2 Å². The number of phenolic OH excluding ortho intramolecular Hbond substituents is 1. The van der Waals surface area contributed by atoms with Crippen LogP contribution in [-0.2, 0) is 4.79 Å². The molecule has 0 aromatic heterocycles. The summed E-state index contributed by atoms with van der Waals surface area (Å²) in [6.45, 7) is 0. The number of nitrogens with zero attached hydrogens (tertiary/aromatic N) is 3. The summed E-state index contributed by atoms with van der Waals surface area (Å²) < 4.78 is 5.19. The predicted octanol–water partition coefficient (Wildman–Crippen LogP) is 8.45. The Bertz CT molecular complexity index is 2540. The summed E-state index contributed by atoms with van der Waals surface area (Å²) in [5, 5.41) is 30.2. The number of Topliss-reactive ketones (excluding diaryl/α,β-unsaturated/α-hetero) is 1. The van der Waals surface area contributed by atoms with Crippen molar-refractivity contribution in [3.63, 3.8) is 0 Å². The SMILES string of the molecule is COc1ccc(NC(=O)c2cc3ccccc3c(N=Nc3ccc(N=C4N/C(=C5/C(=O)Nc6ccccc6C5=O)c5ccccc54)cc3)c2O)cc1. The molecule has 0 fully saturated rings. The first-order valence-electron chi connectivity index (χ1n) is 16.2. The van der Waals surface area contributed by atoms with E-state index >= 15 is 0 Å². The minimum Gasteiger partial charge on any atom is -0.505 e. The molecule has 0 unspecified atom stereocenters. The van der Waals surface area contributed by atoms with Gasteiger partial charge < -0.3 is 25.8 Å². The Hall–Kier alpha value is -7.40. The van der Waals surface area contributed by atoms with Crippen LogP contribution in [0.1, 0.15) is 31.8 Å². The number of amidine groups is 1. The number of ketones is 1. The van der Waals surface area contributed by atoms with Crippen LogP contribution in [0.3, 0.4) is 0 Å². The molecule has 6 aromatic rings. The number of aliphatic imine (C=N–C) groups is 1. The molecule has 0 atom stereocenters. The number of carbonyl (C=O) groups is 3. The number of carbonyl (C=O) groups excluding carboxylic acids is 3. The normalized spacial score (nSPS) is 15.7. The average molecular weight is 685 g/mol. The van der Waals surface area contributed by atoms with E-state index in [-0.39, 0.29) is 28.4 Å². The van der Waals surface area contributed by atoms with Crippen molar-refractivity contribution in [1.82, 2.24) is 5.32 Å². The maximum atomic E-state index is 13.5. The summed E-state index contributed by atoms with van der Waals surface area (Å²) in [6, 6.07) is 37.0. The average Bonchev–Trinajstić information content (AvgIpc) is 3.52. The number of hydrogen-bond acceptors (Lipinski definition) is 8. The molecule has 2 aliphatic rings. The Balaban J connectivity index is 1.07. The smallest absolute Gasteiger partial charge is 0.261 e. The van der Waals surface area contributed by atoms with Crippen molar-refractivity contribution in [3.05, 3.63) is 155 Å². The molecule has 4 N–H and O–H groups in total. The van der Waals surface area contributed by atoms with E-state index in [0.29, 0.717) is 61.9 Å². The molecule has 2 amide bonds. The van der Waals surface area contributed by atoms with Crippen LogP contribution in [0, 0.1) is 0 Å². The highest BCUT2D eigenvalue weighted by molar-refractivity contribution is 6.38. The third-order valence-corrected chi connectivity index (χ3v) is 8.76. The van der Waals surface area contributed by atoms with Crippen LogP contribution in [-0.4, -0.2) is 35.6 Å². The Kier molecular flexibility index (Phi) is 8.05. The maximum Gasteiger partial charge on any atom is 0.261 e. The molecule has 11 heteroatoms. The van der Waals surface area contributed by atoms with Crippen LogP contribution in [0.5, 0.6) is 11.5 Å². The van der Waals surface area contributed by atoms with E-state index in [1.54, 1.807) is 92.0 Å². The summed E-state index contributed by atoms with van der Waals surface area (Å²) in [4.78, 5) is 44.7. The van der Waals surface area contributed by atoms with Gasteiger partial charge in [-0.15, -0.1) is 5.11 Å². The van der Waals surface area contributed by atoms with E-state index in [2.05, 4.69) is 26.2 Å². The number of methoxy groups -OCH3 is 1. The van der Waals surface area contributed by atoms with Gasteiger partial charge in [0.25, 0.3) is 11.8 Å². The molecule has 0 saturated heterocycles. The van der Waals surface area contributed by atoms with Gasteiger partial charge in [-0.25, -0.2) is 4.99 Å². The number of azo groups is 1. The molecule has 11 nitrogen and oxygen atoms in total. The molecule has 2 aliphatic heterocycles. The van der Waals surface area contributed by atoms with E-state index in [0.717, 1.165) is 5.56 Å². The zero-order valence-corrected chi connectivity index (χ0v) is 27.5. The monoisotopic (exact) mass is 684 g/mol. The molecule has 0 bridgehead atoms. The van der Waals surface area contributed by atoms with E-state index < -0.39 is 11.8 Å².